The van der Waals surface area contributed by atoms with Crippen LogP contribution < -0.4 is 14.2 Å². The van der Waals surface area contributed by atoms with Gasteiger partial charge >= 0.3 is 0 Å². The lowest BCUT2D eigenvalue weighted by Gasteiger charge is -2.19. The fourth-order valence-electron chi connectivity index (χ4n) is 2.77. The number of fused-ring (bicyclic) bond motifs is 1. The van der Waals surface area contributed by atoms with Crippen LogP contribution in [0.4, 0.5) is 0 Å². The lowest BCUT2D eigenvalue weighted by molar-refractivity contribution is 0.171. The summed E-state index contributed by atoms with van der Waals surface area (Å²) < 4.78 is 45.6. The monoisotopic (exact) mass is 381 g/mol. The van der Waals surface area contributed by atoms with Crippen molar-refractivity contribution in [3.63, 3.8) is 0 Å². The van der Waals surface area contributed by atoms with Crippen molar-refractivity contribution in [1.29, 1.82) is 0 Å². The average Bonchev–Trinajstić information content (AvgIpc) is 2.99. The fourth-order valence-corrected chi connectivity index (χ4v) is 3.82. The molecule has 8 nitrogen and oxygen atoms in total. The number of imidazole rings is 1. The Hall–Kier alpha value is -2.10. The normalized spacial score (nSPS) is 13.8. The summed E-state index contributed by atoms with van der Waals surface area (Å²) in [6, 6.07) is 4.61. The number of ether oxygens (including phenoxy) is 3. The number of hydrogen-bond donors (Lipinski definition) is 1. The third-order valence-corrected chi connectivity index (χ3v) is 5.58. The second-order valence-corrected chi connectivity index (χ2v) is 7.68. The minimum Gasteiger partial charge on any atom is -0.486 e. The number of nitrogens with one attached hydrogen (secondary N) is 1. The van der Waals surface area contributed by atoms with Gasteiger partial charge in [-0.15, -0.1) is 0 Å². The summed E-state index contributed by atoms with van der Waals surface area (Å²) in [6.07, 6.45) is 2.27. The Bertz CT molecular complexity index is 863. The first-order valence-electron chi connectivity index (χ1n) is 8.40. The Labute approximate surface area is 153 Å². The summed E-state index contributed by atoms with van der Waals surface area (Å²) in [7, 11) is -1.99. The van der Waals surface area contributed by atoms with E-state index in [0.29, 0.717) is 44.3 Å². The Balaban J connectivity index is 1.64. The van der Waals surface area contributed by atoms with E-state index in [1.54, 1.807) is 19.4 Å². The summed E-state index contributed by atoms with van der Waals surface area (Å²) in [5, 5.41) is 0. The minimum atomic E-state index is -3.63. The van der Waals surface area contributed by atoms with Crippen LogP contribution in [0.15, 0.2) is 29.3 Å². The topological polar surface area (TPSA) is 91.7 Å². The molecule has 1 aliphatic heterocycles. The molecule has 1 aliphatic rings. The molecule has 26 heavy (non-hydrogen) atoms. The zero-order valence-electron chi connectivity index (χ0n) is 14.9. The molecule has 2 aromatic rings. The number of aryl methyl sites for hydroxylation is 1. The van der Waals surface area contributed by atoms with Crippen molar-refractivity contribution in [3.8, 4) is 11.5 Å². The molecular weight excluding hydrogens is 358 g/mol. The third-order valence-electron chi connectivity index (χ3n) is 4.12. The lowest BCUT2D eigenvalue weighted by Crippen LogP contribution is -2.27. The number of aromatic nitrogens is 2. The number of methoxy groups -OCH3 is 1. The van der Waals surface area contributed by atoms with Crippen LogP contribution in [0.2, 0.25) is 0 Å². The van der Waals surface area contributed by atoms with Gasteiger partial charge in [-0.05, 0) is 19.1 Å². The summed E-state index contributed by atoms with van der Waals surface area (Å²) in [6.45, 7) is 4.35. The molecule has 0 amide bonds. The van der Waals surface area contributed by atoms with E-state index in [2.05, 4.69) is 9.71 Å². The van der Waals surface area contributed by atoms with Crippen molar-refractivity contribution in [2.75, 3.05) is 33.5 Å². The maximum absolute atomic E-state index is 12.5. The molecule has 0 radical (unpaired) electrons. The Morgan fingerprint density at radius 2 is 2.04 bits per heavy atom. The molecule has 0 atom stereocenters. The molecule has 0 bridgehead atoms. The van der Waals surface area contributed by atoms with Crippen molar-refractivity contribution in [3.05, 3.63) is 35.9 Å². The van der Waals surface area contributed by atoms with Crippen molar-refractivity contribution in [2.24, 2.45) is 0 Å². The number of hydrogen-bond acceptors (Lipinski definition) is 6. The van der Waals surface area contributed by atoms with Gasteiger partial charge in [-0.1, -0.05) is 0 Å². The molecule has 9 heteroatoms. The highest BCUT2D eigenvalue weighted by Crippen LogP contribution is 2.32. The van der Waals surface area contributed by atoms with Crippen molar-refractivity contribution in [2.45, 2.75) is 24.8 Å². The van der Waals surface area contributed by atoms with Gasteiger partial charge in [0.1, 0.15) is 19.0 Å². The van der Waals surface area contributed by atoms with Gasteiger partial charge in [0.15, 0.2) is 11.5 Å². The first-order valence-corrected chi connectivity index (χ1v) is 9.89. The van der Waals surface area contributed by atoms with Crippen LogP contribution in [-0.2, 0) is 27.7 Å². The molecule has 0 fully saturated rings. The Morgan fingerprint density at radius 1 is 1.27 bits per heavy atom. The van der Waals surface area contributed by atoms with E-state index in [9.17, 15) is 8.42 Å². The lowest BCUT2D eigenvalue weighted by atomic mass is 10.3. The second-order valence-electron chi connectivity index (χ2n) is 5.91. The number of sulfonamides is 1. The first kappa shape index (κ1) is 18.7. The van der Waals surface area contributed by atoms with E-state index < -0.39 is 10.0 Å². The van der Waals surface area contributed by atoms with Gasteiger partial charge in [0.05, 0.1) is 11.5 Å². The van der Waals surface area contributed by atoms with Gasteiger partial charge in [-0.2, -0.15) is 0 Å². The van der Waals surface area contributed by atoms with Crippen LogP contribution in [0.3, 0.4) is 0 Å². The van der Waals surface area contributed by atoms with Crippen LogP contribution in [0.5, 0.6) is 11.5 Å². The van der Waals surface area contributed by atoms with E-state index >= 15 is 0 Å². The predicted octanol–water partition coefficient (Wildman–Crippen LogP) is 1.13. The largest absolute Gasteiger partial charge is 0.486 e. The summed E-state index contributed by atoms with van der Waals surface area (Å²) in [4.78, 5) is 4.51. The number of rotatable bonds is 8. The van der Waals surface area contributed by atoms with E-state index in [1.807, 2.05) is 11.5 Å². The van der Waals surface area contributed by atoms with Crippen LogP contribution >= 0.6 is 0 Å². The molecule has 1 aromatic carbocycles. The van der Waals surface area contributed by atoms with Crippen LogP contribution in [0, 0.1) is 6.92 Å². The van der Waals surface area contributed by atoms with Crippen LogP contribution in [0.1, 0.15) is 11.5 Å². The quantitative estimate of drug-likeness (QED) is 0.737. The van der Waals surface area contributed by atoms with E-state index in [4.69, 9.17) is 14.2 Å². The molecule has 0 saturated carbocycles. The summed E-state index contributed by atoms with van der Waals surface area (Å²) in [5.41, 5.74) is 1.02. The summed E-state index contributed by atoms with van der Waals surface area (Å²) >= 11 is 0. The molecule has 1 aromatic heterocycles. The molecule has 2 heterocycles. The standard InChI is InChI=1S/C17H23N3O5S/c1-13-12-18-17(20(13)7-8-23-2)5-6-19-26(21,22)14-3-4-15-16(11-14)25-10-9-24-15/h3-4,11-12,19H,5-10H2,1-2H3. The predicted molar refractivity (Wildman–Crippen MR) is 95.2 cm³/mol. The smallest absolute Gasteiger partial charge is 0.240 e. The molecule has 1 N–H and O–H groups in total. The van der Waals surface area contributed by atoms with E-state index in [0.717, 1.165) is 11.5 Å². The van der Waals surface area contributed by atoms with Crippen molar-refractivity contribution < 1.29 is 22.6 Å². The van der Waals surface area contributed by atoms with Gasteiger partial charge in [-0.25, -0.2) is 18.1 Å². The van der Waals surface area contributed by atoms with Gasteiger partial charge in [0.25, 0.3) is 0 Å². The van der Waals surface area contributed by atoms with Crippen LogP contribution in [0.25, 0.3) is 0 Å². The van der Waals surface area contributed by atoms with Gasteiger partial charge in [-0.3, -0.25) is 0 Å². The molecule has 0 unspecified atom stereocenters. The second kappa shape index (κ2) is 8.07. The summed E-state index contributed by atoms with van der Waals surface area (Å²) in [5.74, 6) is 1.83. The van der Waals surface area contributed by atoms with Gasteiger partial charge < -0.3 is 18.8 Å². The molecular formula is C17H23N3O5S. The Kier molecular flexibility index (Phi) is 5.80. The maximum Gasteiger partial charge on any atom is 0.240 e. The molecule has 0 saturated heterocycles. The molecule has 142 valence electrons. The van der Waals surface area contributed by atoms with E-state index in [1.165, 1.54) is 12.1 Å². The number of benzene rings is 1. The van der Waals surface area contributed by atoms with Crippen LogP contribution in [-0.4, -0.2) is 51.4 Å². The first-order chi connectivity index (χ1) is 12.5. The highest BCUT2D eigenvalue weighted by Gasteiger charge is 2.19. The molecule has 0 aliphatic carbocycles. The molecule has 0 spiro atoms. The number of nitrogens with zero attached hydrogens (tertiary/aromatic N) is 2. The van der Waals surface area contributed by atoms with Crippen molar-refractivity contribution >= 4 is 10.0 Å². The third kappa shape index (κ3) is 4.17. The van der Waals surface area contributed by atoms with Gasteiger partial charge in [0, 0.05) is 44.6 Å². The maximum atomic E-state index is 12.5. The van der Waals surface area contributed by atoms with E-state index in [-0.39, 0.29) is 11.4 Å². The van der Waals surface area contributed by atoms with Gasteiger partial charge in [0.2, 0.25) is 10.0 Å². The van der Waals surface area contributed by atoms with Crippen molar-refractivity contribution in [1.82, 2.24) is 14.3 Å². The zero-order chi connectivity index (χ0) is 18.6. The average molecular weight is 381 g/mol. The minimum absolute atomic E-state index is 0.153. The highest BCUT2D eigenvalue weighted by atomic mass is 32.2. The fraction of sp³-hybridized carbons (Fsp3) is 0.471. The molecule has 3 rings (SSSR count). The highest BCUT2D eigenvalue weighted by molar-refractivity contribution is 7.89. The zero-order valence-corrected chi connectivity index (χ0v) is 15.7. The Morgan fingerprint density at radius 3 is 2.81 bits per heavy atom. The SMILES string of the molecule is COCCn1c(C)cnc1CCNS(=O)(=O)c1ccc2c(c1)OCCO2.